The first-order chi connectivity index (χ1) is 10.3. The number of fused-ring (bicyclic) bond motifs is 1. The molecular weight excluding hydrogens is 264 g/mol. The Balaban J connectivity index is 1.75. The van der Waals surface area contributed by atoms with Gasteiger partial charge in [0.1, 0.15) is 0 Å². The molecule has 0 spiro atoms. The Labute approximate surface area is 122 Å². The molecule has 2 aromatic heterocycles. The van der Waals surface area contributed by atoms with E-state index in [4.69, 9.17) is 0 Å². The predicted molar refractivity (Wildman–Crippen MR) is 84.5 cm³/mol. The SMILES string of the molecule is Cn1c(=O)cc(NCCCn2ccnc2)c2ccccc21. The molecule has 0 atom stereocenters. The minimum Gasteiger partial charge on any atom is -0.384 e. The summed E-state index contributed by atoms with van der Waals surface area (Å²) in [5.74, 6) is 0. The van der Waals surface area contributed by atoms with Crippen LogP contribution in [-0.2, 0) is 13.6 Å². The molecule has 0 aliphatic heterocycles. The molecule has 0 fully saturated rings. The molecule has 0 aliphatic rings. The summed E-state index contributed by atoms with van der Waals surface area (Å²) in [4.78, 5) is 16.0. The van der Waals surface area contributed by atoms with E-state index in [1.54, 1.807) is 23.9 Å². The third-order valence-corrected chi connectivity index (χ3v) is 3.62. The molecule has 0 amide bonds. The minimum atomic E-state index is 0.00538. The number of benzene rings is 1. The number of nitrogens with one attached hydrogen (secondary N) is 1. The van der Waals surface area contributed by atoms with Gasteiger partial charge >= 0.3 is 0 Å². The van der Waals surface area contributed by atoms with Crippen LogP contribution in [0.2, 0.25) is 0 Å². The Morgan fingerprint density at radius 1 is 1.29 bits per heavy atom. The van der Waals surface area contributed by atoms with Crippen LogP contribution in [0.5, 0.6) is 0 Å². The standard InChI is InChI=1S/C16H18N4O/c1-19-15-6-3-2-5-13(15)14(11-16(19)21)18-7-4-9-20-10-8-17-12-20/h2-3,5-6,8,10-12,18H,4,7,9H2,1H3. The lowest BCUT2D eigenvalue weighted by molar-refractivity contribution is 0.661. The summed E-state index contributed by atoms with van der Waals surface area (Å²) in [5, 5.41) is 4.44. The van der Waals surface area contributed by atoms with Crippen LogP contribution < -0.4 is 10.9 Å². The monoisotopic (exact) mass is 282 g/mol. The van der Waals surface area contributed by atoms with E-state index in [0.29, 0.717) is 0 Å². The quantitative estimate of drug-likeness (QED) is 0.730. The first-order valence-electron chi connectivity index (χ1n) is 7.04. The predicted octanol–water partition coefficient (Wildman–Crippen LogP) is 2.24. The van der Waals surface area contributed by atoms with E-state index in [1.165, 1.54) is 0 Å². The average Bonchev–Trinajstić information content (AvgIpc) is 3.02. The highest BCUT2D eigenvalue weighted by Gasteiger charge is 2.05. The van der Waals surface area contributed by atoms with Gasteiger partial charge in [0.15, 0.2) is 0 Å². The maximum absolute atomic E-state index is 12.0. The van der Waals surface area contributed by atoms with Gasteiger partial charge in [0.05, 0.1) is 11.8 Å². The molecule has 0 saturated heterocycles. The number of aryl methyl sites for hydroxylation is 2. The number of hydrogen-bond donors (Lipinski definition) is 1. The highest BCUT2D eigenvalue weighted by atomic mass is 16.1. The van der Waals surface area contributed by atoms with E-state index in [0.717, 1.165) is 36.1 Å². The zero-order valence-electron chi connectivity index (χ0n) is 12.0. The van der Waals surface area contributed by atoms with Crippen LogP contribution in [0.1, 0.15) is 6.42 Å². The average molecular weight is 282 g/mol. The van der Waals surface area contributed by atoms with Crippen molar-refractivity contribution in [1.82, 2.24) is 14.1 Å². The molecule has 0 unspecified atom stereocenters. The summed E-state index contributed by atoms with van der Waals surface area (Å²) in [5.41, 5.74) is 1.85. The molecule has 0 bridgehead atoms. The van der Waals surface area contributed by atoms with Gasteiger partial charge in [-0.15, -0.1) is 0 Å². The van der Waals surface area contributed by atoms with E-state index in [2.05, 4.69) is 10.3 Å². The number of nitrogens with zero attached hydrogens (tertiary/aromatic N) is 3. The number of anilines is 1. The maximum atomic E-state index is 12.0. The molecule has 1 aromatic carbocycles. The minimum absolute atomic E-state index is 0.00538. The van der Waals surface area contributed by atoms with E-state index >= 15 is 0 Å². The molecule has 5 heteroatoms. The van der Waals surface area contributed by atoms with Gasteiger partial charge < -0.3 is 14.5 Å². The van der Waals surface area contributed by atoms with Crippen LogP contribution in [-0.4, -0.2) is 20.7 Å². The fourth-order valence-electron chi connectivity index (χ4n) is 2.46. The Morgan fingerprint density at radius 3 is 2.95 bits per heavy atom. The van der Waals surface area contributed by atoms with Gasteiger partial charge in [-0.3, -0.25) is 4.79 Å². The highest BCUT2D eigenvalue weighted by molar-refractivity contribution is 5.91. The first-order valence-corrected chi connectivity index (χ1v) is 7.04. The molecule has 0 radical (unpaired) electrons. The first kappa shape index (κ1) is 13.4. The van der Waals surface area contributed by atoms with Crippen molar-refractivity contribution >= 4 is 16.6 Å². The van der Waals surface area contributed by atoms with E-state index in [-0.39, 0.29) is 5.56 Å². The largest absolute Gasteiger partial charge is 0.384 e. The molecule has 0 aliphatic carbocycles. The number of hydrogen-bond acceptors (Lipinski definition) is 3. The maximum Gasteiger partial charge on any atom is 0.252 e. The summed E-state index contributed by atoms with van der Waals surface area (Å²) >= 11 is 0. The molecule has 3 aromatic rings. The van der Waals surface area contributed by atoms with Crippen molar-refractivity contribution in [2.75, 3.05) is 11.9 Å². The lowest BCUT2D eigenvalue weighted by Gasteiger charge is -2.12. The molecule has 21 heavy (non-hydrogen) atoms. The van der Waals surface area contributed by atoms with Gasteiger partial charge in [-0.1, -0.05) is 18.2 Å². The smallest absolute Gasteiger partial charge is 0.252 e. The van der Waals surface area contributed by atoms with Gasteiger partial charge in [0, 0.05) is 49.7 Å². The Bertz CT molecular complexity index is 790. The van der Waals surface area contributed by atoms with Gasteiger partial charge in [-0.2, -0.15) is 0 Å². The second-order valence-corrected chi connectivity index (χ2v) is 5.05. The van der Waals surface area contributed by atoms with Crippen LogP contribution in [0.4, 0.5) is 5.69 Å². The van der Waals surface area contributed by atoms with Crippen molar-refractivity contribution in [3.05, 3.63) is 59.4 Å². The van der Waals surface area contributed by atoms with Crippen molar-refractivity contribution in [2.45, 2.75) is 13.0 Å². The van der Waals surface area contributed by atoms with Crippen LogP contribution in [0, 0.1) is 0 Å². The van der Waals surface area contributed by atoms with Crippen molar-refractivity contribution in [1.29, 1.82) is 0 Å². The number of pyridine rings is 1. The second-order valence-electron chi connectivity index (χ2n) is 5.05. The molecule has 3 rings (SSSR count). The molecule has 2 heterocycles. The van der Waals surface area contributed by atoms with Crippen molar-refractivity contribution in [2.24, 2.45) is 7.05 Å². The van der Waals surface area contributed by atoms with Gasteiger partial charge in [-0.25, -0.2) is 4.98 Å². The Hall–Kier alpha value is -2.56. The molecule has 5 nitrogen and oxygen atoms in total. The van der Waals surface area contributed by atoms with Crippen LogP contribution >= 0.6 is 0 Å². The van der Waals surface area contributed by atoms with E-state index < -0.39 is 0 Å². The van der Waals surface area contributed by atoms with Crippen molar-refractivity contribution in [3.8, 4) is 0 Å². The van der Waals surface area contributed by atoms with E-state index in [9.17, 15) is 4.79 Å². The number of aromatic nitrogens is 3. The molecule has 1 N–H and O–H groups in total. The normalized spacial score (nSPS) is 10.9. The number of rotatable bonds is 5. The zero-order valence-corrected chi connectivity index (χ0v) is 12.0. The summed E-state index contributed by atoms with van der Waals surface area (Å²) in [7, 11) is 1.80. The van der Waals surface area contributed by atoms with Gasteiger partial charge in [0.25, 0.3) is 5.56 Å². The highest BCUT2D eigenvalue weighted by Crippen LogP contribution is 2.20. The summed E-state index contributed by atoms with van der Waals surface area (Å²) in [6, 6.07) is 9.61. The fourth-order valence-corrected chi connectivity index (χ4v) is 2.46. The van der Waals surface area contributed by atoms with Crippen LogP contribution in [0.3, 0.4) is 0 Å². The third-order valence-electron chi connectivity index (χ3n) is 3.62. The van der Waals surface area contributed by atoms with Gasteiger partial charge in [-0.05, 0) is 12.5 Å². The van der Waals surface area contributed by atoms with E-state index in [1.807, 2.05) is 41.4 Å². The van der Waals surface area contributed by atoms with Crippen molar-refractivity contribution < 1.29 is 0 Å². The zero-order chi connectivity index (χ0) is 14.7. The van der Waals surface area contributed by atoms with Crippen LogP contribution in [0.15, 0.2) is 53.8 Å². The van der Waals surface area contributed by atoms with Crippen molar-refractivity contribution in [3.63, 3.8) is 0 Å². The Kier molecular flexibility index (Phi) is 3.73. The fraction of sp³-hybridized carbons (Fsp3) is 0.250. The number of para-hydroxylation sites is 1. The number of imidazole rings is 1. The summed E-state index contributed by atoms with van der Waals surface area (Å²) in [6.07, 6.45) is 6.52. The molecule has 0 saturated carbocycles. The lowest BCUT2D eigenvalue weighted by atomic mass is 10.2. The molecular formula is C16H18N4O. The summed E-state index contributed by atoms with van der Waals surface area (Å²) < 4.78 is 3.72. The Morgan fingerprint density at radius 2 is 2.14 bits per heavy atom. The second kappa shape index (κ2) is 5.83. The summed E-state index contributed by atoms with van der Waals surface area (Å²) in [6.45, 7) is 1.73. The lowest BCUT2D eigenvalue weighted by Crippen LogP contribution is -2.18. The van der Waals surface area contributed by atoms with Crippen LogP contribution in [0.25, 0.3) is 10.9 Å². The third kappa shape index (κ3) is 2.81. The topological polar surface area (TPSA) is 51.9 Å². The molecule has 108 valence electrons. The van der Waals surface area contributed by atoms with Gasteiger partial charge in [0.2, 0.25) is 0 Å².